The Kier molecular flexibility index (Phi) is 6.27. The Balaban J connectivity index is 1.66. The van der Waals surface area contributed by atoms with Crippen molar-refractivity contribution in [1.29, 1.82) is 0 Å². The van der Waals surface area contributed by atoms with E-state index in [1.807, 2.05) is 46.0 Å². The van der Waals surface area contributed by atoms with Gasteiger partial charge in [-0.2, -0.15) is 0 Å². The van der Waals surface area contributed by atoms with Gasteiger partial charge in [0, 0.05) is 22.8 Å². The number of carbonyl (C=O) groups is 2. The van der Waals surface area contributed by atoms with Crippen LogP contribution in [-0.2, 0) is 14.3 Å². The lowest BCUT2D eigenvalue weighted by Crippen LogP contribution is -2.44. The first-order valence-electron chi connectivity index (χ1n) is 8.77. The highest BCUT2D eigenvalue weighted by molar-refractivity contribution is 7.12. The first-order chi connectivity index (χ1) is 12.5. The van der Waals surface area contributed by atoms with E-state index in [1.54, 1.807) is 11.3 Å². The maximum absolute atomic E-state index is 12.6. The summed E-state index contributed by atoms with van der Waals surface area (Å²) >= 11 is 3.04. The van der Waals surface area contributed by atoms with Crippen molar-refractivity contribution < 1.29 is 14.3 Å². The summed E-state index contributed by atoms with van der Waals surface area (Å²) in [5.41, 5.74) is 0.496. The van der Waals surface area contributed by atoms with Gasteiger partial charge in [-0.3, -0.25) is 4.79 Å². The molecular weight excluding hydrogens is 366 g/mol. The van der Waals surface area contributed by atoms with Crippen molar-refractivity contribution >= 4 is 46.2 Å². The number of carbonyl (C=O) groups excluding carboxylic acids is 2. The number of hydrogen-bond donors (Lipinski definition) is 0. The molecule has 1 fully saturated rings. The van der Waals surface area contributed by atoms with E-state index >= 15 is 0 Å². The number of piperidine rings is 1. The molecule has 138 valence electrons. The average Bonchev–Trinajstić information content (AvgIpc) is 3.29. The Morgan fingerprint density at radius 1 is 1.15 bits per heavy atom. The van der Waals surface area contributed by atoms with Crippen molar-refractivity contribution in [2.24, 2.45) is 11.8 Å². The molecule has 0 N–H and O–H groups in total. The minimum atomic E-state index is -0.452. The summed E-state index contributed by atoms with van der Waals surface area (Å²) in [7, 11) is 0. The van der Waals surface area contributed by atoms with Crippen LogP contribution >= 0.6 is 22.7 Å². The largest absolute Gasteiger partial charge is 0.452 e. The SMILES string of the molecule is C[C@@H]1C[C@@H](C)CN(C(=O)COC(=O)/C(=C/c2cccs2)c2cccs2)C1. The number of thiophene rings is 2. The minimum absolute atomic E-state index is 0.113. The van der Waals surface area contributed by atoms with Crippen molar-refractivity contribution in [3.63, 3.8) is 0 Å². The van der Waals surface area contributed by atoms with Crippen LogP contribution in [0.3, 0.4) is 0 Å². The fourth-order valence-corrected chi connectivity index (χ4v) is 4.73. The average molecular weight is 390 g/mol. The third-order valence-electron chi connectivity index (χ3n) is 4.38. The molecule has 2 aromatic rings. The maximum atomic E-state index is 12.6. The summed E-state index contributed by atoms with van der Waals surface area (Å²) in [6.07, 6.45) is 2.96. The van der Waals surface area contributed by atoms with Crippen molar-refractivity contribution in [1.82, 2.24) is 4.90 Å². The standard InChI is InChI=1S/C20H23NO3S2/c1-14-9-15(2)12-21(11-14)19(22)13-24-20(23)17(18-6-4-8-26-18)10-16-5-3-7-25-16/h3-8,10,14-15H,9,11-13H2,1-2H3/b17-10+/t14-,15-/m1/s1. The van der Waals surface area contributed by atoms with Gasteiger partial charge in [0.15, 0.2) is 6.61 Å². The monoisotopic (exact) mass is 389 g/mol. The first kappa shape index (κ1) is 18.9. The number of ether oxygens (including phenoxy) is 1. The van der Waals surface area contributed by atoms with E-state index in [0.29, 0.717) is 17.4 Å². The van der Waals surface area contributed by atoms with Crippen molar-refractivity contribution in [3.05, 3.63) is 44.8 Å². The van der Waals surface area contributed by atoms with Crippen LogP contribution < -0.4 is 0 Å². The Morgan fingerprint density at radius 2 is 1.85 bits per heavy atom. The van der Waals surface area contributed by atoms with E-state index in [2.05, 4.69) is 13.8 Å². The highest BCUT2D eigenvalue weighted by Crippen LogP contribution is 2.26. The topological polar surface area (TPSA) is 46.6 Å². The van der Waals surface area contributed by atoms with Crippen LogP contribution in [0.15, 0.2) is 35.0 Å². The molecule has 2 atom stereocenters. The lowest BCUT2D eigenvalue weighted by atomic mass is 9.92. The van der Waals surface area contributed by atoms with Gasteiger partial charge in [0.1, 0.15) is 0 Å². The van der Waals surface area contributed by atoms with Gasteiger partial charge >= 0.3 is 5.97 Å². The molecule has 6 heteroatoms. The molecule has 3 heterocycles. The summed E-state index contributed by atoms with van der Waals surface area (Å²) < 4.78 is 5.38. The number of rotatable bonds is 5. The zero-order valence-corrected chi connectivity index (χ0v) is 16.6. The van der Waals surface area contributed by atoms with Gasteiger partial charge in [0.2, 0.25) is 0 Å². The number of amides is 1. The Morgan fingerprint density at radius 3 is 2.46 bits per heavy atom. The molecule has 0 spiro atoms. The molecule has 1 aliphatic rings. The van der Waals surface area contributed by atoms with Gasteiger partial charge in [0.25, 0.3) is 5.91 Å². The van der Waals surface area contributed by atoms with Crippen LogP contribution in [0.2, 0.25) is 0 Å². The molecule has 0 saturated carbocycles. The van der Waals surface area contributed by atoms with Crippen LogP contribution in [-0.4, -0.2) is 36.5 Å². The molecule has 1 aliphatic heterocycles. The van der Waals surface area contributed by atoms with Gasteiger partial charge in [0.05, 0.1) is 5.57 Å². The fraction of sp³-hybridized carbons (Fsp3) is 0.400. The predicted octanol–water partition coefficient (Wildman–Crippen LogP) is 4.40. The van der Waals surface area contributed by atoms with E-state index in [4.69, 9.17) is 4.74 Å². The zero-order chi connectivity index (χ0) is 18.5. The summed E-state index contributed by atoms with van der Waals surface area (Å²) in [6, 6.07) is 7.68. The van der Waals surface area contributed by atoms with Crippen molar-refractivity contribution in [3.8, 4) is 0 Å². The molecule has 0 radical (unpaired) electrons. The number of hydrogen-bond acceptors (Lipinski definition) is 5. The highest BCUT2D eigenvalue weighted by Gasteiger charge is 2.26. The quantitative estimate of drug-likeness (QED) is 0.562. The first-order valence-corrected chi connectivity index (χ1v) is 10.5. The molecule has 1 amide bonds. The molecule has 1 saturated heterocycles. The van der Waals surface area contributed by atoms with Crippen LogP contribution in [0.5, 0.6) is 0 Å². The molecule has 0 unspecified atom stereocenters. The predicted molar refractivity (Wildman–Crippen MR) is 107 cm³/mol. The van der Waals surface area contributed by atoms with Crippen molar-refractivity contribution in [2.45, 2.75) is 20.3 Å². The van der Waals surface area contributed by atoms with E-state index in [1.165, 1.54) is 11.3 Å². The molecule has 0 aliphatic carbocycles. The second-order valence-electron chi connectivity index (χ2n) is 6.87. The summed E-state index contributed by atoms with van der Waals surface area (Å²) in [6.45, 7) is 5.58. The number of esters is 1. The van der Waals surface area contributed by atoms with Gasteiger partial charge in [-0.15, -0.1) is 22.7 Å². The Bertz CT molecular complexity index is 755. The van der Waals surface area contributed by atoms with E-state index in [9.17, 15) is 9.59 Å². The molecule has 0 bridgehead atoms. The Labute approximate surface area is 162 Å². The normalized spacial score (nSPS) is 20.8. The summed E-state index contributed by atoms with van der Waals surface area (Å²) in [5, 5.41) is 3.89. The van der Waals surface area contributed by atoms with E-state index in [-0.39, 0.29) is 12.5 Å². The molecular formula is C20H23NO3S2. The van der Waals surface area contributed by atoms with Gasteiger partial charge in [-0.25, -0.2) is 4.79 Å². The molecule has 2 aromatic heterocycles. The maximum Gasteiger partial charge on any atom is 0.340 e. The highest BCUT2D eigenvalue weighted by atomic mass is 32.1. The lowest BCUT2D eigenvalue weighted by Gasteiger charge is -2.34. The van der Waals surface area contributed by atoms with Crippen LogP contribution in [0.4, 0.5) is 0 Å². The lowest BCUT2D eigenvalue weighted by molar-refractivity contribution is -0.148. The Hall–Kier alpha value is -1.92. The molecule has 26 heavy (non-hydrogen) atoms. The van der Waals surface area contributed by atoms with Gasteiger partial charge in [-0.05, 0) is 47.2 Å². The number of likely N-dealkylation sites (tertiary alicyclic amines) is 1. The smallest absolute Gasteiger partial charge is 0.340 e. The molecule has 3 rings (SSSR count). The van der Waals surface area contributed by atoms with E-state index in [0.717, 1.165) is 29.3 Å². The van der Waals surface area contributed by atoms with Gasteiger partial charge in [-0.1, -0.05) is 26.0 Å². The summed E-state index contributed by atoms with van der Waals surface area (Å²) in [4.78, 5) is 28.7. The van der Waals surface area contributed by atoms with E-state index < -0.39 is 5.97 Å². The van der Waals surface area contributed by atoms with Crippen LogP contribution in [0, 0.1) is 11.8 Å². The third-order valence-corrected chi connectivity index (χ3v) is 6.11. The summed E-state index contributed by atoms with van der Waals surface area (Å²) in [5.74, 6) is 0.406. The van der Waals surface area contributed by atoms with Crippen LogP contribution in [0.1, 0.15) is 30.0 Å². The minimum Gasteiger partial charge on any atom is -0.452 e. The molecule has 4 nitrogen and oxygen atoms in total. The van der Waals surface area contributed by atoms with Crippen molar-refractivity contribution in [2.75, 3.05) is 19.7 Å². The van der Waals surface area contributed by atoms with Crippen LogP contribution in [0.25, 0.3) is 11.6 Å². The second-order valence-corrected chi connectivity index (χ2v) is 8.80. The number of nitrogens with zero attached hydrogens (tertiary/aromatic N) is 1. The second kappa shape index (κ2) is 8.64. The van der Waals surface area contributed by atoms with Gasteiger partial charge < -0.3 is 9.64 Å². The fourth-order valence-electron chi connectivity index (χ4n) is 3.34. The zero-order valence-electron chi connectivity index (χ0n) is 15.0. The third kappa shape index (κ3) is 4.83. The molecule has 0 aromatic carbocycles.